The number of nitrogens with one attached hydrogen (secondary N) is 1. The molecule has 1 rings (SSSR count). The van der Waals surface area contributed by atoms with Crippen molar-refractivity contribution in [3.63, 3.8) is 0 Å². The van der Waals surface area contributed by atoms with Gasteiger partial charge in [0.1, 0.15) is 11.8 Å². The van der Waals surface area contributed by atoms with Gasteiger partial charge in [0.15, 0.2) is 0 Å². The van der Waals surface area contributed by atoms with Crippen LogP contribution in [0.1, 0.15) is 23.7 Å². The number of benzene rings is 1. The maximum atomic E-state index is 11.8. The third-order valence-corrected chi connectivity index (χ3v) is 2.30. The number of amides is 1. The zero-order valence-electron chi connectivity index (χ0n) is 10.8. The molecule has 104 valence electrons. The Morgan fingerprint density at radius 2 is 1.95 bits per heavy atom. The summed E-state index contributed by atoms with van der Waals surface area (Å²) in [6.07, 6.45) is 4.93. The van der Waals surface area contributed by atoms with Crippen LogP contribution in [0.2, 0.25) is 0 Å². The zero-order valence-corrected chi connectivity index (χ0v) is 10.8. The first-order valence-electron chi connectivity index (χ1n) is 5.69. The molecule has 0 bridgehead atoms. The second kappa shape index (κ2) is 6.95. The van der Waals surface area contributed by atoms with Crippen LogP contribution < -0.4 is 10.1 Å². The van der Waals surface area contributed by atoms with Gasteiger partial charge in [0.05, 0.1) is 0 Å². The van der Waals surface area contributed by atoms with Crippen molar-refractivity contribution in [2.45, 2.75) is 19.4 Å². The van der Waals surface area contributed by atoms with Crippen LogP contribution in [-0.2, 0) is 9.59 Å². The third kappa shape index (κ3) is 4.46. The summed E-state index contributed by atoms with van der Waals surface area (Å²) in [6, 6.07) is 4.58. The molecule has 0 saturated carbocycles. The second-order valence-electron chi connectivity index (χ2n) is 3.89. The van der Waals surface area contributed by atoms with E-state index in [4.69, 9.17) is 16.3 Å². The molecule has 0 aromatic heterocycles. The molecule has 1 atom stereocenters. The van der Waals surface area contributed by atoms with Gasteiger partial charge in [-0.25, -0.2) is 4.79 Å². The standard InChI is InChI=1S/C14H13NO5/c1-3-4-12(14(18)19)15-13(17)10-5-7-11(8-6-10)20-9(2)16/h1,5-8,12H,4H2,2H3,(H,15,17)(H,18,19)/t12-/m1/s1. The summed E-state index contributed by atoms with van der Waals surface area (Å²) in [6.45, 7) is 1.26. The van der Waals surface area contributed by atoms with E-state index in [-0.39, 0.29) is 12.0 Å². The van der Waals surface area contributed by atoms with E-state index in [9.17, 15) is 14.4 Å². The van der Waals surface area contributed by atoms with Gasteiger partial charge in [-0.3, -0.25) is 9.59 Å². The van der Waals surface area contributed by atoms with Gasteiger partial charge in [-0.15, -0.1) is 12.3 Å². The SMILES string of the molecule is C#CC[C@@H](NC(=O)c1ccc(OC(C)=O)cc1)C(=O)O. The Bertz CT molecular complexity index is 556. The molecular formula is C14H13NO5. The number of ether oxygens (including phenoxy) is 1. The van der Waals surface area contributed by atoms with Crippen molar-refractivity contribution in [1.29, 1.82) is 0 Å². The van der Waals surface area contributed by atoms with E-state index >= 15 is 0 Å². The molecule has 0 radical (unpaired) electrons. The summed E-state index contributed by atoms with van der Waals surface area (Å²) in [5.74, 6) is 0.243. The minimum absolute atomic E-state index is 0.105. The molecule has 0 unspecified atom stereocenters. The van der Waals surface area contributed by atoms with Gasteiger partial charge >= 0.3 is 11.9 Å². The fourth-order valence-electron chi connectivity index (χ4n) is 1.40. The fraction of sp³-hybridized carbons (Fsp3) is 0.214. The number of carboxylic acids is 1. The molecule has 6 nitrogen and oxygen atoms in total. The lowest BCUT2D eigenvalue weighted by molar-refractivity contribution is -0.139. The molecule has 0 spiro atoms. The summed E-state index contributed by atoms with van der Waals surface area (Å²) in [7, 11) is 0. The summed E-state index contributed by atoms with van der Waals surface area (Å²) >= 11 is 0. The summed E-state index contributed by atoms with van der Waals surface area (Å²) < 4.78 is 4.82. The molecule has 2 N–H and O–H groups in total. The molecule has 0 fully saturated rings. The average Bonchev–Trinajstić information content (AvgIpc) is 2.38. The summed E-state index contributed by atoms with van der Waals surface area (Å²) in [4.78, 5) is 33.4. The van der Waals surface area contributed by atoms with Crippen LogP contribution in [0, 0.1) is 12.3 Å². The molecule has 0 heterocycles. The molecule has 0 aliphatic heterocycles. The van der Waals surface area contributed by atoms with Crippen LogP contribution in [0.4, 0.5) is 0 Å². The van der Waals surface area contributed by atoms with Crippen molar-refractivity contribution in [1.82, 2.24) is 5.32 Å². The van der Waals surface area contributed by atoms with E-state index in [1.807, 2.05) is 0 Å². The van der Waals surface area contributed by atoms with Crippen LogP contribution in [0.3, 0.4) is 0 Å². The molecule has 6 heteroatoms. The average molecular weight is 275 g/mol. The Morgan fingerprint density at radius 3 is 2.40 bits per heavy atom. The van der Waals surface area contributed by atoms with Crippen LogP contribution in [0.25, 0.3) is 0 Å². The Balaban J connectivity index is 2.75. The van der Waals surface area contributed by atoms with Crippen molar-refractivity contribution in [2.75, 3.05) is 0 Å². The maximum Gasteiger partial charge on any atom is 0.327 e. The van der Waals surface area contributed by atoms with Gasteiger partial charge < -0.3 is 15.2 Å². The minimum Gasteiger partial charge on any atom is -0.480 e. The lowest BCUT2D eigenvalue weighted by atomic mass is 10.1. The Kier molecular flexibility index (Phi) is 5.30. The molecule has 0 saturated heterocycles. The van der Waals surface area contributed by atoms with E-state index in [2.05, 4.69) is 11.2 Å². The van der Waals surface area contributed by atoms with E-state index < -0.39 is 23.9 Å². The Hall–Kier alpha value is -2.81. The summed E-state index contributed by atoms with van der Waals surface area (Å²) in [5, 5.41) is 11.2. The number of hydrogen-bond acceptors (Lipinski definition) is 4. The topological polar surface area (TPSA) is 92.7 Å². The van der Waals surface area contributed by atoms with Gasteiger partial charge in [-0.2, -0.15) is 0 Å². The number of esters is 1. The van der Waals surface area contributed by atoms with E-state index in [1.54, 1.807) is 0 Å². The number of rotatable bonds is 5. The van der Waals surface area contributed by atoms with Crippen molar-refractivity contribution in [3.8, 4) is 18.1 Å². The predicted octanol–water partition coefficient (Wildman–Crippen LogP) is 0.818. The summed E-state index contributed by atoms with van der Waals surface area (Å²) in [5.41, 5.74) is 0.240. The van der Waals surface area contributed by atoms with E-state index in [1.165, 1.54) is 31.2 Å². The second-order valence-corrected chi connectivity index (χ2v) is 3.89. The van der Waals surface area contributed by atoms with Gasteiger partial charge in [-0.1, -0.05) is 0 Å². The highest BCUT2D eigenvalue weighted by atomic mass is 16.5. The molecule has 1 aromatic rings. The quantitative estimate of drug-likeness (QED) is 0.471. The Labute approximate surface area is 115 Å². The van der Waals surface area contributed by atoms with E-state index in [0.29, 0.717) is 5.75 Å². The van der Waals surface area contributed by atoms with Crippen molar-refractivity contribution < 1.29 is 24.2 Å². The smallest absolute Gasteiger partial charge is 0.327 e. The van der Waals surface area contributed by atoms with Crippen molar-refractivity contribution >= 4 is 17.8 Å². The molecule has 0 aliphatic rings. The molecule has 20 heavy (non-hydrogen) atoms. The predicted molar refractivity (Wildman–Crippen MR) is 70.1 cm³/mol. The van der Waals surface area contributed by atoms with Gasteiger partial charge in [0.25, 0.3) is 5.91 Å². The third-order valence-electron chi connectivity index (χ3n) is 2.30. The minimum atomic E-state index is -1.20. The first-order valence-corrected chi connectivity index (χ1v) is 5.69. The van der Waals surface area contributed by atoms with Crippen molar-refractivity contribution in [2.24, 2.45) is 0 Å². The van der Waals surface area contributed by atoms with Crippen molar-refractivity contribution in [3.05, 3.63) is 29.8 Å². The highest BCUT2D eigenvalue weighted by molar-refractivity contribution is 5.96. The highest BCUT2D eigenvalue weighted by Crippen LogP contribution is 2.12. The zero-order chi connectivity index (χ0) is 15.1. The molecule has 1 aromatic carbocycles. The highest BCUT2D eigenvalue weighted by Gasteiger charge is 2.19. The largest absolute Gasteiger partial charge is 0.480 e. The number of hydrogen-bond donors (Lipinski definition) is 2. The normalized spacial score (nSPS) is 11.0. The number of carbonyl (C=O) groups excluding carboxylic acids is 2. The number of carboxylic acid groups (broad SMARTS) is 1. The maximum absolute atomic E-state index is 11.8. The lowest BCUT2D eigenvalue weighted by Crippen LogP contribution is -2.40. The fourth-order valence-corrected chi connectivity index (χ4v) is 1.40. The lowest BCUT2D eigenvalue weighted by Gasteiger charge is -2.11. The number of aliphatic carboxylic acids is 1. The van der Waals surface area contributed by atoms with E-state index in [0.717, 1.165) is 0 Å². The Morgan fingerprint density at radius 1 is 1.35 bits per heavy atom. The molecular weight excluding hydrogens is 262 g/mol. The molecule has 1 amide bonds. The first-order chi connectivity index (χ1) is 9.43. The van der Waals surface area contributed by atoms with Gasteiger partial charge in [0.2, 0.25) is 0 Å². The number of terminal acetylenes is 1. The van der Waals surface area contributed by atoms with Crippen LogP contribution >= 0.6 is 0 Å². The monoisotopic (exact) mass is 275 g/mol. The van der Waals surface area contributed by atoms with Gasteiger partial charge in [-0.05, 0) is 24.3 Å². The van der Waals surface area contributed by atoms with Crippen LogP contribution in [-0.4, -0.2) is 29.0 Å². The molecule has 0 aliphatic carbocycles. The van der Waals surface area contributed by atoms with Crippen LogP contribution in [0.15, 0.2) is 24.3 Å². The number of carbonyl (C=O) groups is 3. The van der Waals surface area contributed by atoms with Gasteiger partial charge in [0, 0.05) is 18.9 Å². The first kappa shape index (κ1) is 15.2. The van der Waals surface area contributed by atoms with Crippen LogP contribution in [0.5, 0.6) is 5.75 Å².